The molecule has 1 heterocycles. The molecule has 1 atom stereocenters. The van der Waals surface area contributed by atoms with Crippen LogP contribution in [0.3, 0.4) is 0 Å². The molecule has 0 amide bonds. The average Bonchev–Trinajstić information content (AvgIpc) is 2.40. The molecule has 8 heteroatoms. The summed E-state index contributed by atoms with van der Waals surface area (Å²) in [6.45, 7) is 3.23. The molecule has 118 valence electrons. The molecule has 0 radical (unpaired) electrons. The van der Waals surface area contributed by atoms with Gasteiger partial charge in [-0.2, -0.15) is 4.31 Å². The van der Waals surface area contributed by atoms with Crippen LogP contribution in [0, 0.1) is 5.82 Å². The molecule has 1 aromatic rings. The van der Waals surface area contributed by atoms with Crippen molar-refractivity contribution in [2.24, 2.45) is 5.73 Å². The van der Waals surface area contributed by atoms with E-state index >= 15 is 0 Å². The topological polar surface area (TPSA) is 66.6 Å². The number of hydrogen-bond donors (Lipinski definition) is 1. The van der Waals surface area contributed by atoms with E-state index in [9.17, 15) is 12.8 Å². The number of nitrogens with zero attached hydrogens (tertiary/aromatic N) is 2. The van der Waals surface area contributed by atoms with Gasteiger partial charge < -0.3 is 10.6 Å². The first kappa shape index (κ1) is 16.6. The molecule has 1 fully saturated rings. The molecule has 1 aliphatic rings. The van der Waals surface area contributed by atoms with E-state index in [0.717, 1.165) is 6.07 Å². The smallest absolute Gasteiger partial charge is 0.246 e. The third-order valence-corrected chi connectivity index (χ3v) is 5.89. The number of hydrogen-bond acceptors (Lipinski definition) is 4. The minimum atomic E-state index is -3.93. The third kappa shape index (κ3) is 3.22. The molecule has 1 aromatic carbocycles. The zero-order valence-corrected chi connectivity index (χ0v) is 13.6. The second-order valence-corrected chi connectivity index (χ2v) is 7.60. The molecular weight excluding hydrogens is 317 g/mol. The van der Waals surface area contributed by atoms with Crippen LogP contribution >= 0.6 is 11.6 Å². The molecule has 1 unspecified atom stereocenters. The van der Waals surface area contributed by atoms with Crippen molar-refractivity contribution in [3.63, 3.8) is 0 Å². The SMILES string of the molecule is CC1CN(C)CCN1S(=O)(=O)c1cc(Cl)cc(CN)c1F. The standard InChI is InChI=1S/C13H19ClFN3O2S/c1-9-8-17(2)3-4-18(9)21(19,20)12-6-11(14)5-10(7-16)13(12)15/h5-6,9H,3-4,7-8,16H2,1-2H3. The van der Waals surface area contributed by atoms with Crippen LogP contribution in [0.2, 0.25) is 5.02 Å². The average molecular weight is 336 g/mol. The maximum absolute atomic E-state index is 14.4. The van der Waals surface area contributed by atoms with Gasteiger partial charge in [0.25, 0.3) is 0 Å². The Bertz CT molecular complexity index is 639. The van der Waals surface area contributed by atoms with Gasteiger partial charge in [-0.25, -0.2) is 12.8 Å². The van der Waals surface area contributed by atoms with Crippen molar-refractivity contribution in [2.75, 3.05) is 26.7 Å². The van der Waals surface area contributed by atoms with E-state index < -0.39 is 20.7 Å². The highest BCUT2D eigenvalue weighted by atomic mass is 35.5. The molecule has 1 aliphatic heterocycles. The largest absolute Gasteiger partial charge is 0.326 e. The quantitative estimate of drug-likeness (QED) is 0.903. The van der Waals surface area contributed by atoms with Crippen molar-refractivity contribution in [3.8, 4) is 0 Å². The Balaban J connectivity index is 2.47. The summed E-state index contributed by atoms with van der Waals surface area (Å²) in [7, 11) is -2.01. The highest BCUT2D eigenvalue weighted by Gasteiger charge is 2.35. The summed E-state index contributed by atoms with van der Waals surface area (Å²) < 4.78 is 41.1. The van der Waals surface area contributed by atoms with Crippen molar-refractivity contribution in [1.29, 1.82) is 0 Å². The van der Waals surface area contributed by atoms with E-state index in [-0.39, 0.29) is 23.2 Å². The van der Waals surface area contributed by atoms with E-state index in [1.807, 2.05) is 11.9 Å². The second kappa shape index (κ2) is 6.18. The molecular formula is C13H19ClFN3O2S. The predicted octanol–water partition coefficient (Wildman–Crippen LogP) is 1.26. The summed E-state index contributed by atoms with van der Waals surface area (Å²) in [5, 5.41) is 0.164. The Morgan fingerprint density at radius 1 is 1.43 bits per heavy atom. The fourth-order valence-electron chi connectivity index (χ4n) is 2.56. The number of rotatable bonds is 3. The Morgan fingerprint density at radius 3 is 2.67 bits per heavy atom. The van der Waals surface area contributed by atoms with Gasteiger partial charge in [0.1, 0.15) is 10.7 Å². The number of sulfonamides is 1. The second-order valence-electron chi connectivity index (χ2n) is 5.31. The van der Waals surface area contributed by atoms with Crippen LogP contribution in [0.5, 0.6) is 0 Å². The van der Waals surface area contributed by atoms with E-state index in [4.69, 9.17) is 17.3 Å². The summed E-state index contributed by atoms with van der Waals surface area (Å²) >= 11 is 5.89. The molecule has 0 saturated carbocycles. The lowest BCUT2D eigenvalue weighted by Gasteiger charge is -2.37. The maximum atomic E-state index is 14.4. The maximum Gasteiger partial charge on any atom is 0.246 e. The van der Waals surface area contributed by atoms with Gasteiger partial charge in [0.2, 0.25) is 10.0 Å². The van der Waals surface area contributed by atoms with Crippen LogP contribution in [0.1, 0.15) is 12.5 Å². The van der Waals surface area contributed by atoms with E-state index in [0.29, 0.717) is 19.6 Å². The minimum Gasteiger partial charge on any atom is -0.326 e. The Kier molecular flexibility index (Phi) is 4.89. The Morgan fingerprint density at radius 2 is 2.10 bits per heavy atom. The van der Waals surface area contributed by atoms with Crippen LogP contribution < -0.4 is 5.73 Å². The van der Waals surface area contributed by atoms with E-state index in [1.54, 1.807) is 6.92 Å². The molecule has 2 N–H and O–H groups in total. The van der Waals surface area contributed by atoms with E-state index in [1.165, 1.54) is 10.4 Å². The van der Waals surface area contributed by atoms with Crippen molar-refractivity contribution in [1.82, 2.24) is 9.21 Å². The monoisotopic (exact) mass is 335 g/mol. The van der Waals surface area contributed by atoms with Gasteiger partial charge in [-0.1, -0.05) is 11.6 Å². The molecule has 21 heavy (non-hydrogen) atoms. The lowest BCUT2D eigenvalue weighted by atomic mass is 10.2. The first-order valence-corrected chi connectivity index (χ1v) is 8.47. The first-order chi connectivity index (χ1) is 9.77. The number of halogens is 2. The van der Waals surface area contributed by atoms with Crippen molar-refractivity contribution < 1.29 is 12.8 Å². The first-order valence-electron chi connectivity index (χ1n) is 6.65. The van der Waals surface area contributed by atoms with Crippen LogP contribution in [-0.2, 0) is 16.6 Å². The summed E-state index contributed by atoms with van der Waals surface area (Å²) in [4.78, 5) is 1.64. The fourth-order valence-corrected chi connectivity index (χ4v) is 4.62. The van der Waals surface area contributed by atoms with Gasteiger partial charge in [-0.15, -0.1) is 0 Å². The number of piperazine rings is 1. The Hall–Kier alpha value is -0.730. The van der Waals surface area contributed by atoms with Gasteiger partial charge in [-0.05, 0) is 26.1 Å². The van der Waals surface area contributed by atoms with Crippen LogP contribution in [0.15, 0.2) is 17.0 Å². The third-order valence-electron chi connectivity index (χ3n) is 3.66. The highest BCUT2D eigenvalue weighted by Crippen LogP contribution is 2.28. The number of likely N-dealkylation sites (N-methyl/N-ethyl adjacent to an activating group) is 1. The molecule has 1 saturated heterocycles. The predicted molar refractivity (Wildman–Crippen MR) is 80.2 cm³/mol. The normalized spacial score (nSPS) is 21.7. The zero-order chi connectivity index (χ0) is 15.8. The fraction of sp³-hybridized carbons (Fsp3) is 0.538. The molecule has 0 aliphatic carbocycles. The zero-order valence-electron chi connectivity index (χ0n) is 12.0. The molecule has 0 bridgehead atoms. The van der Waals surface area contributed by atoms with Crippen molar-refractivity contribution >= 4 is 21.6 Å². The number of benzene rings is 1. The molecule has 5 nitrogen and oxygen atoms in total. The van der Waals surface area contributed by atoms with Gasteiger partial charge in [0.15, 0.2) is 0 Å². The Labute approximate surface area is 129 Å². The summed E-state index contributed by atoms with van der Waals surface area (Å²) in [5.74, 6) is -0.812. The lowest BCUT2D eigenvalue weighted by molar-refractivity contribution is 0.170. The van der Waals surface area contributed by atoms with Gasteiger partial charge >= 0.3 is 0 Å². The van der Waals surface area contributed by atoms with Gasteiger partial charge in [-0.3, -0.25) is 0 Å². The molecule has 0 aromatic heterocycles. The lowest BCUT2D eigenvalue weighted by Crippen LogP contribution is -2.52. The van der Waals surface area contributed by atoms with Crippen LogP contribution in [0.25, 0.3) is 0 Å². The van der Waals surface area contributed by atoms with Gasteiger partial charge in [0, 0.05) is 42.8 Å². The van der Waals surface area contributed by atoms with Crippen LogP contribution in [-0.4, -0.2) is 50.3 Å². The molecule has 2 rings (SSSR count). The summed E-state index contributed by atoms with van der Waals surface area (Å²) in [5.41, 5.74) is 5.54. The number of nitrogens with two attached hydrogens (primary N) is 1. The molecule has 0 spiro atoms. The summed E-state index contributed by atoms with van der Waals surface area (Å²) in [6.07, 6.45) is 0. The van der Waals surface area contributed by atoms with Crippen molar-refractivity contribution in [3.05, 3.63) is 28.5 Å². The van der Waals surface area contributed by atoms with Gasteiger partial charge in [0.05, 0.1) is 0 Å². The van der Waals surface area contributed by atoms with Crippen molar-refractivity contribution in [2.45, 2.75) is 24.4 Å². The highest BCUT2D eigenvalue weighted by molar-refractivity contribution is 7.89. The van der Waals surface area contributed by atoms with Crippen LogP contribution in [0.4, 0.5) is 4.39 Å². The minimum absolute atomic E-state index is 0.0999. The summed E-state index contributed by atoms with van der Waals surface area (Å²) in [6, 6.07) is 2.27. The van der Waals surface area contributed by atoms with E-state index in [2.05, 4.69) is 0 Å².